The molecule has 2 aromatic rings. The summed E-state index contributed by atoms with van der Waals surface area (Å²) in [5.41, 5.74) is 1.35. The predicted octanol–water partition coefficient (Wildman–Crippen LogP) is 3.81. The second-order valence-electron chi connectivity index (χ2n) is 8.04. The number of anilines is 1. The molecule has 0 atom stereocenters. The highest BCUT2D eigenvalue weighted by Crippen LogP contribution is 2.26. The number of carbonyl (C=O) groups is 1. The summed E-state index contributed by atoms with van der Waals surface area (Å²) in [5.74, 6) is 0.827. The predicted molar refractivity (Wildman–Crippen MR) is 106 cm³/mol. The molecule has 1 amide bonds. The highest BCUT2D eigenvalue weighted by molar-refractivity contribution is 6.07. The number of halogens is 3. The third-order valence-electron chi connectivity index (χ3n) is 5.56. The van der Waals surface area contributed by atoms with Gasteiger partial charge in [0.2, 0.25) is 0 Å². The molecule has 0 bridgehead atoms. The molecule has 1 aliphatic heterocycles. The first kappa shape index (κ1) is 19.9. The van der Waals surface area contributed by atoms with Crippen LogP contribution in [-0.4, -0.2) is 54.2 Å². The molecule has 0 spiro atoms. The van der Waals surface area contributed by atoms with Crippen LogP contribution in [0, 0.1) is 5.92 Å². The number of hydrogen-bond donors (Lipinski definition) is 2. The molecule has 8 heteroatoms. The zero-order chi connectivity index (χ0) is 20.4. The number of alkyl halides is 3. The van der Waals surface area contributed by atoms with Crippen molar-refractivity contribution in [1.82, 2.24) is 15.2 Å². The first-order chi connectivity index (χ1) is 13.9. The van der Waals surface area contributed by atoms with Crippen LogP contribution in [0.3, 0.4) is 0 Å². The van der Waals surface area contributed by atoms with E-state index in [9.17, 15) is 18.0 Å². The van der Waals surface area contributed by atoms with E-state index in [0.717, 1.165) is 23.7 Å². The Labute approximate surface area is 167 Å². The summed E-state index contributed by atoms with van der Waals surface area (Å²) >= 11 is 0. The maximum atomic E-state index is 12.7. The number of rotatable bonds is 6. The fraction of sp³-hybridized carbons (Fsp3) is 0.524. The van der Waals surface area contributed by atoms with Gasteiger partial charge in [-0.2, -0.15) is 13.2 Å². The van der Waals surface area contributed by atoms with Crippen LogP contribution < -0.4 is 10.6 Å². The van der Waals surface area contributed by atoms with Crippen LogP contribution in [0.2, 0.25) is 0 Å². The molecule has 0 unspecified atom stereocenters. The highest BCUT2D eigenvalue weighted by atomic mass is 19.4. The lowest BCUT2D eigenvalue weighted by molar-refractivity contribution is -0.148. The Morgan fingerprint density at radius 2 is 1.86 bits per heavy atom. The molecule has 2 fully saturated rings. The average molecular weight is 406 g/mol. The van der Waals surface area contributed by atoms with Crippen molar-refractivity contribution in [2.24, 2.45) is 5.92 Å². The number of amides is 1. The van der Waals surface area contributed by atoms with Crippen LogP contribution in [0.15, 0.2) is 30.3 Å². The van der Waals surface area contributed by atoms with Crippen LogP contribution in [-0.2, 0) is 0 Å². The Balaban J connectivity index is 1.40. The summed E-state index contributed by atoms with van der Waals surface area (Å²) in [6.07, 6.45) is -0.672. The normalized spacial score (nSPS) is 18.7. The van der Waals surface area contributed by atoms with Gasteiger partial charge in [-0.1, -0.05) is 18.2 Å². The summed E-state index contributed by atoms with van der Waals surface area (Å²) in [7, 11) is 0. The topological polar surface area (TPSA) is 57.3 Å². The van der Waals surface area contributed by atoms with Crippen molar-refractivity contribution in [2.75, 3.05) is 31.5 Å². The van der Waals surface area contributed by atoms with Crippen molar-refractivity contribution in [3.05, 3.63) is 35.9 Å². The first-order valence-corrected chi connectivity index (χ1v) is 10.1. The van der Waals surface area contributed by atoms with Crippen LogP contribution in [0.4, 0.5) is 19.0 Å². The largest absolute Gasteiger partial charge is 0.401 e. The molecule has 4 rings (SSSR count). The fourth-order valence-corrected chi connectivity index (χ4v) is 3.80. The monoisotopic (exact) mass is 406 g/mol. The quantitative estimate of drug-likeness (QED) is 0.766. The minimum Gasteiger partial charge on any atom is -0.370 e. The lowest BCUT2D eigenvalue weighted by Gasteiger charge is -2.32. The molecule has 2 N–H and O–H groups in total. The minimum absolute atomic E-state index is 0.0883. The number of fused-ring (bicyclic) bond motifs is 1. The van der Waals surface area contributed by atoms with Gasteiger partial charge in [0, 0.05) is 18.0 Å². The van der Waals surface area contributed by atoms with Crippen molar-refractivity contribution >= 4 is 22.6 Å². The third kappa shape index (κ3) is 5.38. The number of likely N-dealkylation sites (tertiary alicyclic amines) is 1. The van der Waals surface area contributed by atoms with E-state index in [-0.39, 0.29) is 17.9 Å². The molecular weight excluding hydrogens is 381 g/mol. The highest BCUT2D eigenvalue weighted by Gasteiger charge is 2.32. The van der Waals surface area contributed by atoms with Gasteiger partial charge in [-0.25, -0.2) is 4.98 Å². The molecule has 1 saturated carbocycles. The number of piperidine rings is 1. The number of nitrogens with one attached hydrogen (secondary N) is 2. The van der Waals surface area contributed by atoms with Gasteiger partial charge in [-0.05, 0) is 56.8 Å². The Hall–Kier alpha value is -2.35. The molecule has 1 aromatic heterocycles. The number of hydrogen-bond acceptors (Lipinski definition) is 4. The molecule has 29 heavy (non-hydrogen) atoms. The van der Waals surface area contributed by atoms with E-state index < -0.39 is 12.7 Å². The standard InChI is InChI=1S/C21H25F3N4O/c22-21(23,24)13-28-9-7-14(8-10-28)12-25-19-11-17(20(29)26-15-5-6-15)16-3-1-2-4-18(16)27-19/h1-4,11,14-15H,5-10,12-13H2,(H,25,27)(H,26,29). The van der Waals surface area contributed by atoms with E-state index in [4.69, 9.17) is 0 Å². The summed E-state index contributed by atoms with van der Waals surface area (Å²) in [6, 6.07) is 9.60. The Morgan fingerprint density at radius 3 is 2.55 bits per heavy atom. The van der Waals surface area contributed by atoms with E-state index in [1.807, 2.05) is 24.3 Å². The maximum absolute atomic E-state index is 12.7. The van der Waals surface area contributed by atoms with Crippen LogP contribution >= 0.6 is 0 Å². The van der Waals surface area contributed by atoms with Gasteiger partial charge in [0.15, 0.2) is 0 Å². The van der Waals surface area contributed by atoms with Crippen molar-refractivity contribution in [1.29, 1.82) is 0 Å². The van der Waals surface area contributed by atoms with Gasteiger partial charge >= 0.3 is 6.18 Å². The van der Waals surface area contributed by atoms with Crippen molar-refractivity contribution in [2.45, 2.75) is 37.9 Å². The SMILES string of the molecule is O=C(NC1CC1)c1cc(NCC2CCN(CC(F)(F)F)CC2)nc2ccccc12. The number of benzene rings is 1. The zero-order valence-electron chi connectivity index (χ0n) is 16.1. The Kier molecular flexibility index (Phi) is 5.63. The number of aromatic nitrogens is 1. The van der Waals surface area contributed by atoms with E-state index in [2.05, 4.69) is 15.6 Å². The molecule has 156 valence electrons. The Bertz CT molecular complexity index is 874. The van der Waals surface area contributed by atoms with Gasteiger partial charge in [0.1, 0.15) is 5.82 Å². The smallest absolute Gasteiger partial charge is 0.370 e. The lowest BCUT2D eigenvalue weighted by Crippen LogP contribution is -2.41. The Morgan fingerprint density at radius 1 is 1.14 bits per heavy atom. The zero-order valence-corrected chi connectivity index (χ0v) is 16.1. The van der Waals surface area contributed by atoms with E-state index in [1.54, 1.807) is 6.07 Å². The van der Waals surface area contributed by atoms with Crippen LogP contribution in [0.25, 0.3) is 10.9 Å². The van der Waals surface area contributed by atoms with Crippen molar-refractivity contribution < 1.29 is 18.0 Å². The molecular formula is C21H25F3N4O. The molecule has 1 aliphatic carbocycles. The second-order valence-corrected chi connectivity index (χ2v) is 8.04. The minimum atomic E-state index is -4.14. The van der Waals surface area contributed by atoms with Crippen LogP contribution in [0.1, 0.15) is 36.0 Å². The molecule has 5 nitrogen and oxygen atoms in total. The van der Waals surface area contributed by atoms with Crippen molar-refractivity contribution in [3.63, 3.8) is 0 Å². The third-order valence-corrected chi connectivity index (χ3v) is 5.56. The summed E-state index contributed by atoms with van der Waals surface area (Å²) < 4.78 is 37.6. The van der Waals surface area contributed by atoms with Gasteiger partial charge in [-0.15, -0.1) is 0 Å². The van der Waals surface area contributed by atoms with Gasteiger partial charge < -0.3 is 10.6 Å². The number of carbonyl (C=O) groups excluding carboxylic acids is 1. The fourth-order valence-electron chi connectivity index (χ4n) is 3.80. The summed E-state index contributed by atoms with van der Waals surface area (Å²) in [5, 5.41) is 7.14. The second kappa shape index (κ2) is 8.18. The van der Waals surface area contributed by atoms with Gasteiger partial charge in [0.25, 0.3) is 5.91 Å². The van der Waals surface area contributed by atoms with E-state index >= 15 is 0 Å². The first-order valence-electron chi connectivity index (χ1n) is 10.1. The van der Waals surface area contributed by atoms with Gasteiger partial charge in [0.05, 0.1) is 17.6 Å². The van der Waals surface area contributed by atoms with E-state index in [1.165, 1.54) is 4.90 Å². The molecule has 0 radical (unpaired) electrons. The lowest BCUT2D eigenvalue weighted by atomic mass is 9.96. The molecule has 2 heterocycles. The maximum Gasteiger partial charge on any atom is 0.401 e. The molecule has 2 aliphatic rings. The van der Waals surface area contributed by atoms with Crippen LogP contribution in [0.5, 0.6) is 0 Å². The summed E-state index contributed by atoms with van der Waals surface area (Å²) in [6.45, 7) is 0.700. The van der Waals surface area contributed by atoms with Gasteiger partial charge in [-0.3, -0.25) is 9.69 Å². The molecule has 1 saturated heterocycles. The van der Waals surface area contributed by atoms with E-state index in [0.29, 0.717) is 43.9 Å². The van der Waals surface area contributed by atoms with Crippen molar-refractivity contribution in [3.8, 4) is 0 Å². The number of nitrogens with zero attached hydrogens (tertiary/aromatic N) is 2. The average Bonchev–Trinajstić information content (AvgIpc) is 3.49. The molecule has 1 aromatic carbocycles. The summed E-state index contributed by atoms with van der Waals surface area (Å²) in [4.78, 5) is 18.7. The number of pyridine rings is 1. The number of para-hydroxylation sites is 1.